The second kappa shape index (κ2) is 7.84. The van der Waals surface area contributed by atoms with E-state index in [1.165, 1.54) is 5.32 Å². The van der Waals surface area contributed by atoms with Gasteiger partial charge in [0.1, 0.15) is 0 Å². The lowest BCUT2D eigenvalue weighted by Crippen LogP contribution is -2.49. The highest BCUT2D eigenvalue weighted by Crippen LogP contribution is 2.32. The van der Waals surface area contributed by atoms with Crippen LogP contribution in [-0.2, 0) is 0 Å². The molecule has 0 heterocycles. The second-order valence-corrected chi connectivity index (χ2v) is 4.12. The number of halogens is 5. The summed E-state index contributed by atoms with van der Waals surface area (Å²) in [6.45, 7) is 1.78. The molecule has 1 nitrogen and oxygen atoms in total. The first kappa shape index (κ1) is 16.6. The Balaban J connectivity index is 3.46. The Kier molecular flexibility index (Phi) is 7.66. The Bertz CT molecular complexity index is 191. The molecule has 0 aromatic rings. The maximum Gasteiger partial charge on any atom is 0.469 e. The van der Waals surface area contributed by atoms with Crippen LogP contribution in [0.15, 0.2) is 0 Å². The van der Waals surface area contributed by atoms with E-state index in [0.717, 1.165) is 32.1 Å². The van der Waals surface area contributed by atoms with Crippen molar-refractivity contribution in [1.82, 2.24) is 5.32 Å². The molecule has 0 aromatic carbocycles. The summed E-state index contributed by atoms with van der Waals surface area (Å²) in [5.41, 5.74) is 0. The smallest absolute Gasteiger partial charge is 0.250 e. The molecule has 0 amide bonds. The average molecular weight is 261 g/mol. The van der Waals surface area contributed by atoms with Crippen molar-refractivity contribution in [3.05, 3.63) is 0 Å². The molecule has 0 atom stereocenters. The molecule has 0 aliphatic rings. The second-order valence-electron chi connectivity index (χ2n) is 4.12. The van der Waals surface area contributed by atoms with E-state index in [4.69, 9.17) is 0 Å². The van der Waals surface area contributed by atoms with Crippen molar-refractivity contribution in [2.45, 2.75) is 64.1 Å². The van der Waals surface area contributed by atoms with E-state index < -0.39 is 12.2 Å². The van der Waals surface area contributed by atoms with Crippen LogP contribution in [0.1, 0.15) is 51.9 Å². The molecular formula is C11H20F5N. The van der Waals surface area contributed by atoms with Gasteiger partial charge in [0.15, 0.2) is 0 Å². The van der Waals surface area contributed by atoms with Crippen molar-refractivity contribution in [3.8, 4) is 0 Å². The van der Waals surface area contributed by atoms with Crippen molar-refractivity contribution >= 4 is 0 Å². The van der Waals surface area contributed by atoms with Crippen LogP contribution in [0, 0.1) is 0 Å². The van der Waals surface area contributed by atoms with Gasteiger partial charge in [-0.2, -0.15) is 22.0 Å². The summed E-state index contributed by atoms with van der Waals surface area (Å²) in [6, 6.07) is -4.77. The van der Waals surface area contributed by atoms with E-state index in [2.05, 4.69) is 6.92 Å². The number of alkyl halides is 5. The predicted octanol–water partition coefficient (Wildman–Crippen LogP) is 4.48. The van der Waals surface area contributed by atoms with Crippen LogP contribution >= 0.6 is 0 Å². The molecule has 0 rings (SSSR count). The molecule has 0 saturated carbocycles. The van der Waals surface area contributed by atoms with Crippen molar-refractivity contribution in [1.29, 1.82) is 0 Å². The van der Waals surface area contributed by atoms with Crippen molar-refractivity contribution in [2.75, 3.05) is 6.54 Å². The Morgan fingerprint density at radius 1 is 0.765 bits per heavy atom. The van der Waals surface area contributed by atoms with E-state index in [1.54, 1.807) is 0 Å². The highest BCUT2D eigenvalue weighted by atomic mass is 19.4. The lowest BCUT2D eigenvalue weighted by Gasteiger charge is -2.20. The van der Waals surface area contributed by atoms with Crippen LogP contribution < -0.4 is 5.32 Å². The van der Waals surface area contributed by atoms with Crippen LogP contribution in [0.5, 0.6) is 0 Å². The molecule has 0 fully saturated rings. The Hall–Kier alpha value is -0.390. The number of hydrogen-bond acceptors (Lipinski definition) is 1. The summed E-state index contributed by atoms with van der Waals surface area (Å²) < 4.78 is 59.9. The molecule has 0 aliphatic heterocycles. The van der Waals surface area contributed by atoms with Crippen LogP contribution in [0.25, 0.3) is 0 Å². The highest BCUT2D eigenvalue weighted by molar-refractivity contribution is 4.72. The minimum atomic E-state index is -5.51. The fourth-order valence-electron chi connectivity index (χ4n) is 1.43. The standard InChI is InChI=1S/C11H20F5N/c1-2-3-4-5-6-7-8-9-17-11(15,16)10(12,13)14/h17H,2-9H2,1H3. The Morgan fingerprint density at radius 2 is 1.24 bits per heavy atom. The van der Waals surface area contributed by atoms with E-state index in [-0.39, 0.29) is 6.54 Å². The van der Waals surface area contributed by atoms with Gasteiger partial charge >= 0.3 is 12.2 Å². The van der Waals surface area contributed by atoms with Gasteiger partial charge in [-0.05, 0) is 6.42 Å². The molecule has 0 unspecified atom stereocenters. The van der Waals surface area contributed by atoms with Gasteiger partial charge in [-0.25, -0.2) is 0 Å². The number of hydrogen-bond donors (Lipinski definition) is 1. The lowest BCUT2D eigenvalue weighted by molar-refractivity contribution is -0.295. The van der Waals surface area contributed by atoms with Crippen LogP contribution in [0.4, 0.5) is 22.0 Å². The molecule has 0 aliphatic carbocycles. The highest BCUT2D eigenvalue weighted by Gasteiger charge is 2.57. The summed E-state index contributed by atoms with van der Waals surface area (Å²) in [7, 11) is 0. The molecule has 0 radical (unpaired) electrons. The van der Waals surface area contributed by atoms with E-state index >= 15 is 0 Å². The third-order valence-corrected chi connectivity index (χ3v) is 2.48. The van der Waals surface area contributed by atoms with Gasteiger partial charge < -0.3 is 0 Å². The topological polar surface area (TPSA) is 12.0 Å². The molecular weight excluding hydrogens is 241 g/mol. The van der Waals surface area contributed by atoms with Gasteiger partial charge in [0.25, 0.3) is 0 Å². The largest absolute Gasteiger partial charge is 0.469 e. The van der Waals surface area contributed by atoms with Gasteiger partial charge in [0.2, 0.25) is 0 Å². The monoisotopic (exact) mass is 261 g/mol. The van der Waals surface area contributed by atoms with Gasteiger partial charge in [-0.1, -0.05) is 45.4 Å². The summed E-state index contributed by atoms with van der Waals surface area (Å²) in [4.78, 5) is 0. The molecule has 6 heteroatoms. The minimum absolute atomic E-state index is 0.305. The SMILES string of the molecule is CCCCCCCCCNC(F)(F)C(F)(F)F. The number of unbranched alkanes of at least 4 members (excludes halogenated alkanes) is 6. The zero-order valence-corrected chi connectivity index (χ0v) is 10.0. The first-order chi connectivity index (χ1) is 7.81. The van der Waals surface area contributed by atoms with E-state index in [9.17, 15) is 22.0 Å². The van der Waals surface area contributed by atoms with Crippen LogP contribution in [0.3, 0.4) is 0 Å². The summed E-state index contributed by atoms with van der Waals surface area (Å²) in [5.74, 6) is 0. The zero-order valence-electron chi connectivity index (χ0n) is 10.0. The fourth-order valence-corrected chi connectivity index (χ4v) is 1.43. The zero-order chi connectivity index (χ0) is 13.4. The molecule has 0 saturated heterocycles. The van der Waals surface area contributed by atoms with Crippen molar-refractivity contribution < 1.29 is 22.0 Å². The quantitative estimate of drug-likeness (QED) is 0.366. The maximum absolute atomic E-state index is 12.4. The van der Waals surface area contributed by atoms with E-state index in [0.29, 0.717) is 12.8 Å². The van der Waals surface area contributed by atoms with Crippen LogP contribution in [-0.4, -0.2) is 18.8 Å². The Morgan fingerprint density at radius 3 is 1.71 bits per heavy atom. The van der Waals surface area contributed by atoms with Gasteiger partial charge in [-0.15, -0.1) is 0 Å². The number of nitrogens with one attached hydrogen (secondary N) is 1. The van der Waals surface area contributed by atoms with Gasteiger partial charge in [0.05, 0.1) is 0 Å². The van der Waals surface area contributed by atoms with Crippen LogP contribution in [0.2, 0.25) is 0 Å². The third kappa shape index (κ3) is 7.52. The first-order valence-electron chi connectivity index (χ1n) is 6.01. The fraction of sp³-hybridized carbons (Fsp3) is 1.00. The number of rotatable bonds is 9. The predicted molar refractivity (Wildman–Crippen MR) is 57.0 cm³/mol. The normalized spacial score (nSPS) is 13.1. The maximum atomic E-state index is 12.4. The summed E-state index contributed by atoms with van der Waals surface area (Å²) in [6.07, 6.45) is 0.797. The first-order valence-corrected chi connectivity index (χ1v) is 6.01. The summed E-state index contributed by atoms with van der Waals surface area (Å²) in [5, 5.41) is 1.24. The van der Waals surface area contributed by atoms with Crippen molar-refractivity contribution in [2.24, 2.45) is 0 Å². The third-order valence-electron chi connectivity index (χ3n) is 2.48. The minimum Gasteiger partial charge on any atom is -0.250 e. The van der Waals surface area contributed by atoms with E-state index in [1.807, 2.05) is 0 Å². The lowest BCUT2D eigenvalue weighted by atomic mass is 10.1. The molecule has 104 valence electrons. The van der Waals surface area contributed by atoms with Crippen molar-refractivity contribution in [3.63, 3.8) is 0 Å². The Labute approximate surface area is 98.8 Å². The molecule has 1 N–H and O–H groups in total. The molecule has 0 bridgehead atoms. The molecule has 0 spiro atoms. The summed E-state index contributed by atoms with van der Waals surface area (Å²) >= 11 is 0. The molecule has 0 aromatic heterocycles. The molecule has 17 heavy (non-hydrogen) atoms. The van der Waals surface area contributed by atoms with Gasteiger partial charge in [0, 0.05) is 6.54 Å². The van der Waals surface area contributed by atoms with Gasteiger partial charge in [-0.3, -0.25) is 5.32 Å². The average Bonchev–Trinajstić information content (AvgIpc) is 2.20.